The van der Waals surface area contributed by atoms with Crippen molar-refractivity contribution in [2.75, 3.05) is 13.7 Å². The molecule has 0 radical (unpaired) electrons. The van der Waals surface area contributed by atoms with E-state index in [1.165, 1.54) is 7.11 Å². The number of nitrogens with one attached hydrogen (secondary N) is 1. The number of aromatic hydroxyl groups is 1. The van der Waals surface area contributed by atoms with Crippen molar-refractivity contribution in [2.45, 2.75) is 19.9 Å². The molecule has 104 valence electrons. The average Bonchev–Trinajstić information content (AvgIpc) is 2.35. The van der Waals surface area contributed by atoms with E-state index in [2.05, 4.69) is 21.2 Å². The number of cyclic esters (lactones) is 1. The molecule has 1 fully saturated rings. The first-order valence-corrected chi connectivity index (χ1v) is 6.64. The molecule has 19 heavy (non-hydrogen) atoms. The summed E-state index contributed by atoms with van der Waals surface area (Å²) < 4.78 is 10.7. The first-order valence-electron chi connectivity index (χ1n) is 5.85. The van der Waals surface area contributed by atoms with E-state index < -0.39 is 6.09 Å². The van der Waals surface area contributed by atoms with Crippen LogP contribution in [0.25, 0.3) is 0 Å². The van der Waals surface area contributed by atoms with Crippen molar-refractivity contribution in [3.63, 3.8) is 0 Å². The number of phenolic OH excluding ortho intramolecular Hbond substituents is 1. The van der Waals surface area contributed by atoms with Gasteiger partial charge in [0, 0.05) is 5.41 Å². The topological polar surface area (TPSA) is 67.8 Å². The van der Waals surface area contributed by atoms with Gasteiger partial charge in [-0.25, -0.2) is 4.79 Å². The third-order valence-corrected chi connectivity index (χ3v) is 3.83. The van der Waals surface area contributed by atoms with Gasteiger partial charge in [0.05, 0.1) is 17.6 Å². The molecule has 0 unspecified atom stereocenters. The molecule has 1 aromatic rings. The van der Waals surface area contributed by atoms with Crippen LogP contribution in [0.5, 0.6) is 11.5 Å². The smallest absolute Gasteiger partial charge is 0.407 e. The van der Waals surface area contributed by atoms with Crippen LogP contribution < -0.4 is 10.1 Å². The number of alkyl carbamates (subject to hydrolysis) is 1. The van der Waals surface area contributed by atoms with E-state index in [1.807, 2.05) is 13.8 Å². The second kappa shape index (κ2) is 4.92. The standard InChI is InChI=1S/C13H16BrNO4/c1-13(2)6-19-12(17)15-11(13)7-4-8(14)10(16)9(5-7)18-3/h4-5,11,16H,6H2,1-3H3,(H,15,17)/t11-/m1/s1. The van der Waals surface area contributed by atoms with E-state index in [-0.39, 0.29) is 17.2 Å². The van der Waals surface area contributed by atoms with Crippen molar-refractivity contribution in [1.29, 1.82) is 0 Å². The predicted octanol–water partition coefficient (Wildman–Crippen LogP) is 2.97. The Hall–Kier alpha value is -1.43. The Kier molecular flexibility index (Phi) is 3.62. The molecule has 1 saturated heterocycles. The highest BCUT2D eigenvalue weighted by molar-refractivity contribution is 9.10. The van der Waals surface area contributed by atoms with Crippen LogP contribution in [0.3, 0.4) is 0 Å². The average molecular weight is 330 g/mol. The Bertz CT molecular complexity index is 516. The van der Waals surface area contributed by atoms with Gasteiger partial charge in [-0.15, -0.1) is 0 Å². The van der Waals surface area contributed by atoms with Crippen molar-refractivity contribution in [1.82, 2.24) is 5.32 Å². The molecule has 1 amide bonds. The minimum absolute atomic E-state index is 0.0439. The summed E-state index contributed by atoms with van der Waals surface area (Å²) in [5, 5.41) is 12.6. The van der Waals surface area contributed by atoms with Crippen LogP contribution in [-0.2, 0) is 4.74 Å². The summed E-state index contributed by atoms with van der Waals surface area (Å²) in [5.41, 5.74) is 0.596. The zero-order chi connectivity index (χ0) is 14.2. The first-order chi connectivity index (χ1) is 8.85. The predicted molar refractivity (Wildman–Crippen MR) is 73.4 cm³/mol. The van der Waals surface area contributed by atoms with Gasteiger partial charge in [0.15, 0.2) is 11.5 Å². The minimum Gasteiger partial charge on any atom is -0.503 e. The molecule has 2 rings (SSSR count). The molecule has 1 aliphatic heterocycles. The third kappa shape index (κ3) is 2.63. The van der Waals surface area contributed by atoms with Crippen LogP contribution in [0.4, 0.5) is 4.79 Å². The highest BCUT2D eigenvalue weighted by atomic mass is 79.9. The maximum Gasteiger partial charge on any atom is 0.407 e. The van der Waals surface area contributed by atoms with Crippen molar-refractivity contribution >= 4 is 22.0 Å². The van der Waals surface area contributed by atoms with E-state index in [0.29, 0.717) is 16.8 Å². The summed E-state index contributed by atoms with van der Waals surface area (Å²) in [6.45, 7) is 4.35. The van der Waals surface area contributed by atoms with Gasteiger partial charge in [0.2, 0.25) is 0 Å². The molecule has 0 aromatic heterocycles. The van der Waals surface area contributed by atoms with Crippen molar-refractivity contribution in [3.8, 4) is 11.5 Å². The highest BCUT2D eigenvalue weighted by Crippen LogP contribution is 2.42. The van der Waals surface area contributed by atoms with Crippen LogP contribution in [-0.4, -0.2) is 24.9 Å². The molecule has 2 N–H and O–H groups in total. The normalized spacial score (nSPS) is 21.5. The maximum atomic E-state index is 11.4. The quantitative estimate of drug-likeness (QED) is 0.875. The molecule has 1 aliphatic rings. The van der Waals surface area contributed by atoms with Crippen molar-refractivity contribution in [2.24, 2.45) is 5.41 Å². The molecule has 1 heterocycles. The molecule has 0 saturated carbocycles. The molecule has 0 bridgehead atoms. The van der Waals surface area contributed by atoms with Gasteiger partial charge in [-0.1, -0.05) is 13.8 Å². The Morgan fingerprint density at radius 1 is 1.53 bits per heavy atom. The number of amides is 1. The Labute approximate surface area is 120 Å². The van der Waals surface area contributed by atoms with Crippen LogP contribution in [0.1, 0.15) is 25.5 Å². The van der Waals surface area contributed by atoms with E-state index in [9.17, 15) is 9.90 Å². The third-order valence-electron chi connectivity index (χ3n) is 3.22. The largest absolute Gasteiger partial charge is 0.503 e. The number of rotatable bonds is 2. The lowest BCUT2D eigenvalue weighted by atomic mass is 9.80. The van der Waals surface area contributed by atoms with E-state index in [0.717, 1.165) is 5.56 Å². The van der Waals surface area contributed by atoms with Crippen molar-refractivity contribution in [3.05, 3.63) is 22.2 Å². The summed E-state index contributed by atoms with van der Waals surface area (Å²) >= 11 is 3.28. The monoisotopic (exact) mass is 329 g/mol. The zero-order valence-corrected chi connectivity index (χ0v) is 12.6. The van der Waals surface area contributed by atoms with E-state index in [1.54, 1.807) is 12.1 Å². The number of benzene rings is 1. The molecule has 6 heteroatoms. The lowest BCUT2D eigenvalue weighted by molar-refractivity contribution is 0.0386. The fraction of sp³-hybridized carbons (Fsp3) is 0.462. The minimum atomic E-state index is -0.438. The van der Waals surface area contributed by atoms with Gasteiger partial charge in [-0.2, -0.15) is 0 Å². The van der Waals surface area contributed by atoms with Crippen LogP contribution in [0, 0.1) is 5.41 Å². The number of carbonyl (C=O) groups excluding carboxylic acids is 1. The summed E-state index contributed by atoms with van der Waals surface area (Å²) in [6.07, 6.45) is -0.438. The number of hydrogen-bond acceptors (Lipinski definition) is 4. The maximum absolute atomic E-state index is 11.4. The van der Waals surface area contributed by atoms with Crippen LogP contribution in [0.2, 0.25) is 0 Å². The second-order valence-electron chi connectivity index (χ2n) is 5.20. The SMILES string of the molecule is COc1cc([C@H]2NC(=O)OCC2(C)C)cc(Br)c1O. The van der Waals surface area contributed by atoms with Crippen molar-refractivity contribution < 1.29 is 19.4 Å². The Morgan fingerprint density at radius 2 is 2.21 bits per heavy atom. The van der Waals surface area contributed by atoms with Crippen LogP contribution >= 0.6 is 15.9 Å². The van der Waals surface area contributed by atoms with Gasteiger partial charge in [-0.3, -0.25) is 0 Å². The summed E-state index contributed by atoms with van der Waals surface area (Å²) in [5.74, 6) is 0.406. The van der Waals surface area contributed by atoms with Gasteiger partial charge in [-0.05, 0) is 33.6 Å². The molecular weight excluding hydrogens is 314 g/mol. The molecule has 1 aromatic carbocycles. The summed E-state index contributed by atoms with van der Waals surface area (Å²) in [4.78, 5) is 11.4. The number of ether oxygens (including phenoxy) is 2. The lowest BCUT2D eigenvalue weighted by Gasteiger charge is -2.38. The summed E-state index contributed by atoms with van der Waals surface area (Å²) in [6, 6.07) is 3.29. The fourth-order valence-corrected chi connectivity index (χ4v) is 2.60. The molecule has 5 nitrogen and oxygen atoms in total. The van der Waals surface area contributed by atoms with Crippen LogP contribution in [0.15, 0.2) is 16.6 Å². The number of methoxy groups -OCH3 is 1. The highest BCUT2D eigenvalue weighted by Gasteiger charge is 2.38. The lowest BCUT2D eigenvalue weighted by Crippen LogP contribution is -2.46. The number of phenols is 1. The van der Waals surface area contributed by atoms with Gasteiger partial charge < -0.3 is 19.9 Å². The second-order valence-corrected chi connectivity index (χ2v) is 6.05. The molecule has 1 atom stereocenters. The molecule has 0 aliphatic carbocycles. The number of carbonyl (C=O) groups is 1. The molecule has 0 spiro atoms. The van der Waals surface area contributed by atoms with E-state index >= 15 is 0 Å². The van der Waals surface area contributed by atoms with Gasteiger partial charge in [0.1, 0.15) is 6.61 Å². The zero-order valence-electron chi connectivity index (χ0n) is 11.0. The Balaban J connectivity index is 2.45. The fourth-order valence-electron chi connectivity index (χ4n) is 2.14. The molecular formula is C13H16BrNO4. The number of halogens is 1. The summed E-state index contributed by atoms with van der Waals surface area (Å²) in [7, 11) is 1.49. The Morgan fingerprint density at radius 3 is 2.84 bits per heavy atom. The van der Waals surface area contributed by atoms with E-state index in [4.69, 9.17) is 9.47 Å². The first kappa shape index (κ1) is 14.0. The van der Waals surface area contributed by atoms with Gasteiger partial charge >= 0.3 is 6.09 Å². The number of hydrogen-bond donors (Lipinski definition) is 2. The van der Waals surface area contributed by atoms with Gasteiger partial charge in [0.25, 0.3) is 0 Å².